The summed E-state index contributed by atoms with van der Waals surface area (Å²) in [5.41, 5.74) is 31.7. The number of aryl methyl sites for hydroxylation is 6. The molecule has 0 saturated heterocycles. The first kappa shape index (κ1) is 87.7. The number of fused-ring (bicyclic) bond motifs is 9. The van der Waals surface area contributed by atoms with Gasteiger partial charge in [0.25, 0.3) is 0 Å². The number of pyridine rings is 6. The molecule has 12 heteroatoms. The Morgan fingerprint density at radius 1 is 0.244 bits per heavy atom. The van der Waals surface area contributed by atoms with E-state index in [0.29, 0.717) is 0 Å². The van der Waals surface area contributed by atoms with E-state index in [1.54, 1.807) is 0 Å². The molecule has 0 bridgehead atoms. The zero-order valence-corrected chi connectivity index (χ0v) is 75.9. The number of para-hydroxylation sites is 3. The van der Waals surface area contributed by atoms with E-state index in [1.165, 1.54) is 50.1 Å². The van der Waals surface area contributed by atoms with Crippen molar-refractivity contribution in [2.24, 2.45) is 0 Å². The molecular weight excluding hydrogens is 2040 g/mol. The zero-order chi connectivity index (χ0) is 81.9. The van der Waals surface area contributed by atoms with Crippen molar-refractivity contribution in [3.8, 4) is 101 Å². The number of hydrogen-bond acceptors (Lipinski definition) is 9. The summed E-state index contributed by atoms with van der Waals surface area (Å²) in [6.07, 6.45) is 14.5. The minimum atomic E-state index is 0. The molecule has 0 fully saturated rings. The molecule has 0 aliphatic rings. The van der Waals surface area contributed by atoms with Gasteiger partial charge in [0.1, 0.15) is 16.7 Å². The van der Waals surface area contributed by atoms with Crippen LogP contribution in [0.15, 0.2) is 378 Å². The maximum Gasteiger partial charge on any atom is 0.123 e. The second-order valence-electron chi connectivity index (χ2n) is 29.0. The second kappa shape index (κ2) is 42.4. The molecule has 21 aromatic rings. The third-order valence-corrected chi connectivity index (χ3v) is 20.8. The topological polar surface area (TPSA) is 117 Å². The van der Waals surface area contributed by atoms with E-state index in [1.807, 2.05) is 252 Å². The summed E-state index contributed by atoms with van der Waals surface area (Å²) in [4.78, 5) is 27.2. The van der Waals surface area contributed by atoms with Gasteiger partial charge in [0.2, 0.25) is 0 Å². The average Bonchev–Trinajstić information content (AvgIpc) is 1.67. The van der Waals surface area contributed by atoms with Crippen LogP contribution >= 0.6 is 0 Å². The van der Waals surface area contributed by atoms with Gasteiger partial charge >= 0.3 is 0 Å². The zero-order valence-electron chi connectivity index (χ0n) is 68.7. The fourth-order valence-electron chi connectivity index (χ4n) is 14.5. The van der Waals surface area contributed by atoms with Crippen molar-refractivity contribution in [3.63, 3.8) is 0 Å². The molecule has 123 heavy (non-hydrogen) atoms. The van der Waals surface area contributed by atoms with E-state index < -0.39 is 0 Å². The van der Waals surface area contributed by atoms with Crippen molar-refractivity contribution in [2.75, 3.05) is 0 Å². The molecule has 12 aromatic carbocycles. The van der Waals surface area contributed by atoms with Gasteiger partial charge in [0.05, 0.1) is 16.7 Å². The largest absolute Gasteiger partial charge is 0.501 e. The molecule has 0 saturated carbocycles. The van der Waals surface area contributed by atoms with Crippen LogP contribution in [0.3, 0.4) is 0 Å². The van der Waals surface area contributed by atoms with Crippen molar-refractivity contribution in [2.45, 2.75) is 60.8 Å². The number of nitrogens with zero attached hydrogens (tertiary/aromatic N) is 6. The first-order valence-corrected chi connectivity index (χ1v) is 40.4. The molecule has 0 amide bonds. The van der Waals surface area contributed by atoms with Crippen LogP contribution in [-0.2, 0) is 79.6 Å². The molecule has 9 nitrogen and oxygen atoms in total. The molecule has 0 atom stereocenters. The van der Waals surface area contributed by atoms with Crippen molar-refractivity contribution < 1.29 is 73.6 Å². The van der Waals surface area contributed by atoms with Crippen LogP contribution in [-0.4, -0.2) is 29.9 Å². The van der Waals surface area contributed by atoms with Crippen molar-refractivity contribution in [1.82, 2.24) is 29.9 Å². The quantitative estimate of drug-likeness (QED) is 0.110. The molecule has 0 spiro atoms. The first-order chi connectivity index (χ1) is 59.1. The molecule has 0 aliphatic carbocycles. The number of rotatable bonds is 12. The van der Waals surface area contributed by atoms with Gasteiger partial charge in [0, 0.05) is 125 Å². The molecule has 9 heterocycles. The van der Waals surface area contributed by atoms with Gasteiger partial charge in [-0.05, 0) is 148 Å². The Morgan fingerprint density at radius 2 is 0.602 bits per heavy atom. The number of benzene rings is 12. The van der Waals surface area contributed by atoms with E-state index in [9.17, 15) is 0 Å². The summed E-state index contributed by atoms with van der Waals surface area (Å²) >= 11 is 0. The summed E-state index contributed by atoms with van der Waals surface area (Å²) in [6.45, 7) is 12.6. The van der Waals surface area contributed by atoms with Gasteiger partial charge in [-0.3, -0.25) is 0 Å². The van der Waals surface area contributed by atoms with E-state index in [2.05, 4.69) is 221 Å². The number of furan rings is 3. The summed E-state index contributed by atoms with van der Waals surface area (Å²) in [5.74, 6) is 0. The minimum absolute atomic E-state index is 0. The Bertz CT molecular complexity index is 6660. The molecule has 0 unspecified atom stereocenters. The molecular formula is C111H84Ir3N6O3-6. The summed E-state index contributed by atoms with van der Waals surface area (Å²) in [6, 6.07) is 130. The maximum atomic E-state index is 6.00. The van der Waals surface area contributed by atoms with Crippen LogP contribution in [0.4, 0.5) is 0 Å². The van der Waals surface area contributed by atoms with Gasteiger partial charge in [0.15, 0.2) is 0 Å². The van der Waals surface area contributed by atoms with Gasteiger partial charge < -0.3 is 43.2 Å². The van der Waals surface area contributed by atoms with Gasteiger partial charge in [-0.2, -0.15) is 0 Å². The van der Waals surface area contributed by atoms with E-state index in [-0.39, 0.29) is 60.3 Å². The maximum absolute atomic E-state index is 6.00. The third kappa shape index (κ3) is 21.1. The van der Waals surface area contributed by atoms with Crippen LogP contribution in [0.2, 0.25) is 0 Å². The van der Waals surface area contributed by atoms with E-state index in [4.69, 9.17) is 13.3 Å². The van der Waals surface area contributed by atoms with Crippen LogP contribution < -0.4 is 0 Å². The monoisotopic (exact) mass is 2130 g/mol. The van der Waals surface area contributed by atoms with Crippen LogP contribution in [0.25, 0.3) is 167 Å². The SMILES string of the molecule is CCc1cc(-c2[c-]cccc2)ncc1-c1ccccc1.CCc1cc(-c2[c-]cccc2)ncc1-c1ccccc1.CCc1cc(-c2[c-]cccc2)ncc1-c1ccccc1.Cc1ccc(-c2[c-]cc3c(c2)oc2ccccc23)nc1.Cc1ccc(-c2[c-]cc3oc4ccccc4c3c2)nc1.Cc1ccc(-c2[c-]ccc3c2oc2ccccc23)nc1.[Ir].[Ir].[Ir]. The fraction of sp³-hybridized carbons (Fsp3) is 0.0811. The average molecular weight is 2130 g/mol. The summed E-state index contributed by atoms with van der Waals surface area (Å²) < 4.78 is 17.7. The van der Waals surface area contributed by atoms with Gasteiger partial charge in [-0.25, -0.2) is 0 Å². The fourth-order valence-corrected chi connectivity index (χ4v) is 14.5. The van der Waals surface area contributed by atoms with Crippen molar-refractivity contribution >= 4 is 65.8 Å². The summed E-state index contributed by atoms with van der Waals surface area (Å²) in [7, 11) is 0. The Kier molecular flexibility index (Phi) is 30.2. The van der Waals surface area contributed by atoms with E-state index in [0.717, 1.165) is 169 Å². The Morgan fingerprint density at radius 3 is 1.01 bits per heavy atom. The smallest absolute Gasteiger partial charge is 0.123 e. The Labute approximate surface area is 759 Å². The molecule has 21 rings (SSSR count). The first-order valence-electron chi connectivity index (χ1n) is 40.4. The van der Waals surface area contributed by atoms with Crippen LogP contribution in [0, 0.1) is 57.2 Å². The molecule has 609 valence electrons. The summed E-state index contributed by atoms with van der Waals surface area (Å²) in [5, 5.41) is 6.70. The molecule has 9 aromatic heterocycles. The number of hydrogen-bond donors (Lipinski definition) is 0. The standard InChI is InChI=1S/3C19H16N.3C18H12NO.3Ir/c3*1-2-15-13-19(17-11-7-4-8-12-17)20-14-18(15)16-9-5-3-6-10-16;1-12-9-10-16(19-11-12)15-7-4-6-14-13-5-2-3-8-17(13)20-18(14)15;1-12-6-9-16(19-11-12)13-7-8-15-14-4-2-3-5-17(14)20-18(15)10-13;1-12-6-8-16(19-11-12)13-7-9-18-15(10-13)14-4-2-3-5-17(14)20-18;;;/h3*3-11,13-14H,2H2,1H3;3*2-6,8-11H,1H3;;;/q6*-1;;;. The van der Waals surface area contributed by atoms with Gasteiger partial charge in [-0.15, -0.1) is 167 Å². The number of aromatic nitrogens is 6. The normalized spacial score (nSPS) is 10.6. The molecule has 0 N–H and O–H groups in total. The van der Waals surface area contributed by atoms with Gasteiger partial charge in [-0.1, -0.05) is 249 Å². The Hall–Kier alpha value is -13.1. The van der Waals surface area contributed by atoms with Crippen LogP contribution in [0.5, 0.6) is 0 Å². The predicted octanol–water partition coefficient (Wildman–Crippen LogP) is 28.6. The van der Waals surface area contributed by atoms with Crippen molar-refractivity contribution in [1.29, 1.82) is 0 Å². The molecule has 0 aliphatic heterocycles. The second-order valence-corrected chi connectivity index (χ2v) is 29.0. The Balaban J connectivity index is 0.000000126. The minimum Gasteiger partial charge on any atom is -0.501 e. The van der Waals surface area contributed by atoms with Crippen molar-refractivity contribution in [3.05, 3.63) is 435 Å². The van der Waals surface area contributed by atoms with E-state index >= 15 is 0 Å². The third-order valence-electron chi connectivity index (χ3n) is 20.8. The molecule has 3 radical (unpaired) electrons. The van der Waals surface area contributed by atoms with Crippen LogP contribution in [0.1, 0.15) is 54.2 Å². The predicted molar refractivity (Wildman–Crippen MR) is 492 cm³/mol.